The molecule has 0 fully saturated rings. The number of anilines is 2. The van der Waals surface area contributed by atoms with Crippen LogP contribution in [0, 0.1) is 17.5 Å². The first-order valence-corrected chi connectivity index (χ1v) is 7.58. The van der Waals surface area contributed by atoms with Gasteiger partial charge in [0.15, 0.2) is 34.9 Å². The lowest BCUT2D eigenvalue weighted by Gasteiger charge is -2.11. The lowest BCUT2D eigenvalue weighted by molar-refractivity contribution is -0.114. The van der Waals surface area contributed by atoms with Crippen LogP contribution >= 0.6 is 24.0 Å². The third-order valence-electron chi connectivity index (χ3n) is 3.36. The van der Waals surface area contributed by atoms with Crippen LogP contribution < -0.4 is 25.8 Å². The van der Waals surface area contributed by atoms with Gasteiger partial charge in [0.2, 0.25) is 5.91 Å². The summed E-state index contributed by atoms with van der Waals surface area (Å²) < 4.78 is 49.8. The number of nitrogens with one attached hydrogen (secondary N) is 2. The van der Waals surface area contributed by atoms with E-state index in [1.807, 2.05) is 0 Å². The average molecular weight is 510 g/mol. The topological polar surface area (TPSA) is 98.0 Å². The molecule has 0 bridgehead atoms. The molecule has 2 aromatic carbocycles. The number of benzene rings is 2. The molecule has 0 aliphatic rings. The molecule has 7 nitrogen and oxygen atoms in total. The largest absolute Gasteiger partial charge is 0.493 e. The summed E-state index contributed by atoms with van der Waals surface area (Å²) in [6.07, 6.45) is 0. The van der Waals surface area contributed by atoms with Crippen molar-refractivity contribution < 1.29 is 27.4 Å². The Kier molecular flexibility index (Phi) is 8.82. The zero-order valence-corrected chi connectivity index (χ0v) is 17.2. The van der Waals surface area contributed by atoms with E-state index >= 15 is 0 Å². The maximum absolute atomic E-state index is 13.5. The van der Waals surface area contributed by atoms with Crippen LogP contribution in [0.25, 0.3) is 0 Å². The van der Waals surface area contributed by atoms with Crippen molar-refractivity contribution in [1.82, 2.24) is 0 Å². The zero-order valence-electron chi connectivity index (χ0n) is 14.9. The van der Waals surface area contributed by atoms with E-state index in [2.05, 4.69) is 15.6 Å². The monoisotopic (exact) mass is 510 g/mol. The number of rotatable bonds is 6. The fourth-order valence-corrected chi connectivity index (χ4v) is 2.07. The number of halogens is 4. The Morgan fingerprint density at radius 1 is 1.04 bits per heavy atom. The molecule has 0 saturated heterocycles. The van der Waals surface area contributed by atoms with E-state index in [-0.39, 0.29) is 29.9 Å². The molecule has 0 saturated carbocycles. The summed E-state index contributed by atoms with van der Waals surface area (Å²) in [7, 11) is 2.97. The van der Waals surface area contributed by atoms with E-state index in [0.29, 0.717) is 23.3 Å². The maximum atomic E-state index is 13.5. The molecule has 4 N–H and O–H groups in total. The van der Waals surface area contributed by atoms with Gasteiger partial charge in [-0.15, -0.1) is 24.0 Å². The quantitative estimate of drug-likeness (QED) is 0.240. The number of carbonyl (C=O) groups excluding carboxylic acids is 1. The Bertz CT molecular complexity index is 881. The van der Waals surface area contributed by atoms with Gasteiger partial charge in [0.25, 0.3) is 0 Å². The number of ether oxygens (including phenoxy) is 2. The molecular weight excluding hydrogens is 492 g/mol. The number of hydrogen-bond donors (Lipinski definition) is 3. The highest BCUT2D eigenvalue weighted by atomic mass is 127. The number of hydrogen-bond acceptors (Lipinski definition) is 4. The SMILES string of the molecule is COc1ccc(NC(N)=NCC(=O)Nc2ccc(F)c(F)c2F)cc1OC.I. The molecule has 0 heterocycles. The zero-order chi connectivity index (χ0) is 20.0. The van der Waals surface area contributed by atoms with E-state index in [1.165, 1.54) is 14.2 Å². The van der Waals surface area contributed by atoms with Crippen molar-refractivity contribution in [3.8, 4) is 11.5 Å². The van der Waals surface area contributed by atoms with Crippen molar-refractivity contribution in [2.75, 3.05) is 31.4 Å². The summed E-state index contributed by atoms with van der Waals surface area (Å²) in [4.78, 5) is 15.6. The van der Waals surface area contributed by atoms with E-state index in [1.54, 1.807) is 18.2 Å². The summed E-state index contributed by atoms with van der Waals surface area (Å²) in [5, 5.41) is 4.83. The highest BCUT2D eigenvalue weighted by Gasteiger charge is 2.15. The van der Waals surface area contributed by atoms with Gasteiger partial charge in [0.05, 0.1) is 19.9 Å². The van der Waals surface area contributed by atoms with Crippen molar-refractivity contribution >= 4 is 47.2 Å². The lowest BCUT2D eigenvalue weighted by Crippen LogP contribution is -2.25. The third kappa shape index (κ3) is 5.90. The summed E-state index contributed by atoms with van der Waals surface area (Å²) >= 11 is 0. The molecule has 2 rings (SSSR count). The molecule has 152 valence electrons. The summed E-state index contributed by atoms with van der Waals surface area (Å²) in [6, 6.07) is 6.51. The molecular formula is C17H18F3IN4O3. The molecule has 28 heavy (non-hydrogen) atoms. The van der Waals surface area contributed by atoms with Gasteiger partial charge in [-0.05, 0) is 24.3 Å². The lowest BCUT2D eigenvalue weighted by atomic mass is 10.2. The molecule has 0 atom stereocenters. The van der Waals surface area contributed by atoms with Gasteiger partial charge in [-0.3, -0.25) is 4.79 Å². The molecule has 11 heteroatoms. The van der Waals surface area contributed by atoms with Crippen LogP contribution in [0.2, 0.25) is 0 Å². The minimum Gasteiger partial charge on any atom is -0.493 e. The number of nitrogens with zero attached hydrogens (tertiary/aromatic N) is 1. The number of methoxy groups -OCH3 is 2. The first kappa shape index (κ1) is 23.3. The Morgan fingerprint density at radius 3 is 2.36 bits per heavy atom. The highest BCUT2D eigenvalue weighted by molar-refractivity contribution is 14.0. The summed E-state index contributed by atoms with van der Waals surface area (Å²) in [5.74, 6) is -4.41. The van der Waals surface area contributed by atoms with Crippen LogP contribution in [0.3, 0.4) is 0 Å². The van der Waals surface area contributed by atoms with E-state index < -0.39 is 35.6 Å². The molecule has 0 radical (unpaired) electrons. The van der Waals surface area contributed by atoms with Crippen molar-refractivity contribution in [1.29, 1.82) is 0 Å². The van der Waals surface area contributed by atoms with E-state index in [9.17, 15) is 18.0 Å². The number of guanidine groups is 1. The molecule has 0 unspecified atom stereocenters. The van der Waals surface area contributed by atoms with Crippen molar-refractivity contribution in [3.63, 3.8) is 0 Å². The summed E-state index contributed by atoms with van der Waals surface area (Å²) in [5.41, 5.74) is 5.72. The number of amides is 1. The van der Waals surface area contributed by atoms with Crippen molar-refractivity contribution in [2.45, 2.75) is 0 Å². The predicted molar refractivity (Wildman–Crippen MR) is 110 cm³/mol. The molecule has 1 amide bonds. The van der Waals surface area contributed by atoms with E-state index in [4.69, 9.17) is 15.2 Å². The highest BCUT2D eigenvalue weighted by Crippen LogP contribution is 2.29. The Morgan fingerprint density at radius 2 is 1.71 bits per heavy atom. The van der Waals surface area contributed by atoms with Crippen LogP contribution in [0.15, 0.2) is 35.3 Å². The fourth-order valence-electron chi connectivity index (χ4n) is 2.07. The number of carbonyl (C=O) groups is 1. The second-order valence-electron chi connectivity index (χ2n) is 5.17. The van der Waals surface area contributed by atoms with Gasteiger partial charge in [0, 0.05) is 11.8 Å². The number of aliphatic imine (C=N–C) groups is 1. The first-order valence-electron chi connectivity index (χ1n) is 7.58. The van der Waals surface area contributed by atoms with Gasteiger partial charge in [-0.2, -0.15) is 0 Å². The van der Waals surface area contributed by atoms with Gasteiger partial charge in [-0.25, -0.2) is 18.2 Å². The Hall–Kier alpha value is -2.70. The van der Waals surface area contributed by atoms with Gasteiger partial charge < -0.3 is 25.8 Å². The second kappa shape index (κ2) is 10.6. The fraction of sp³-hybridized carbons (Fsp3) is 0.176. The third-order valence-corrected chi connectivity index (χ3v) is 3.36. The van der Waals surface area contributed by atoms with Gasteiger partial charge >= 0.3 is 0 Å². The maximum Gasteiger partial charge on any atom is 0.246 e. The molecule has 0 aliphatic carbocycles. The number of nitrogens with two attached hydrogens (primary N) is 1. The smallest absolute Gasteiger partial charge is 0.246 e. The predicted octanol–water partition coefficient (Wildman–Crippen LogP) is 3.10. The second-order valence-corrected chi connectivity index (χ2v) is 5.17. The van der Waals surface area contributed by atoms with Gasteiger partial charge in [0.1, 0.15) is 6.54 Å². The minimum atomic E-state index is -1.68. The first-order chi connectivity index (χ1) is 12.8. The molecule has 0 spiro atoms. The van der Waals surface area contributed by atoms with E-state index in [0.717, 1.165) is 6.07 Å². The Balaban J connectivity index is 0.00000392. The standard InChI is InChI=1S/C17H17F3N4O3.HI/c1-26-12-6-3-9(7-13(12)27-2)23-17(21)22-8-14(25)24-11-5-4-10(18)15(19)16(11)20;/h3-7H,8H2,1-2H3,(H,24,25)(H3,21,22,23);1H. The molecule has 0 aromatic heterocycles. The van der Waals surface area contributed by atoms with Gasteiger partial charge in [-0.1, -0.05) is 0 Å². The van der Waals surface area contributed by atoms with Crippen LogP contribution in [-0.4, -0.2) is 32.6 Å². The van der Waals surface area contributed by atoms with Crippen molar-refractivity contribution in [2.24, 2.45) is 10.7 Å². The molecule has 2 aromatic rings. The normalized spacial score (nSPS) is 10.7. The van der Waals surface area contributed by atoms with Crippen LogP contribution in [-0.2, 0) is 4.79 Å². The summed E-state index contributed by atoms with van der Waals surface area (Å²) in [6.45, 7) is -0.468. The van der Waals surface area contributed by atoms with Crippen molar-refractivity contribution in [3.05, 3.63) is 47.8 Å². The molecule has 0 aliphatic heterocycles. The average Bonchev–Trinajstić information content (AvgIpc) is 2.66. The Labute approximate surface area is 176 Å². The van der Waals surface area contributed by atoms with Crippen LogP contribution in [0.1, 0.15) is 0 Å². The van der Waals surface area contributed by atoms with Crippen LogP contribution in [0.5, 0.6) is 11.5 Å². The van der Waals surface area contributed by atoms with Crippen LogP contribution in [0.4, 0.5) is 24.5 Å². The minimum absolute atomic E-state index is 0.